The van der Waals surface area contributed by atoms with Crippen molar-refractivity contribution >= 4 is 23.3 Å². The molecule has 0 saturated heterocycles. The number of aromatic nitrogens is 3. The Morgan fingerprint density at radius 1 is 0.700 bits per heavy atom. The van der Waals surface area contributed by atoms with Crippen molar-refractivity contribution in [3.8, 4) is 22.8 Å². The summed E-state index contributed by atoms with van der Waals surface area (Å²) in [7, 11) is 0. The number of Topliss-reactive ketones (excluding diaryl/α,β-unsaturated/α-hetero) is 1. The van der Waals surface area contributed by atoms with Crippen LogP contribution in [-0.4, -0.2) is 26.6 Å². The van der Waals surface area contributed by atoms with Gasteiger partial charge in [0.05, 0.1) is 11.3 Å². The van der Waals surface area contributed by atoms with Crippen molar-refractivity contribution in [3.05, 3.63) is 90.0 Å². The Bertz CT molecular complexity index is 1230. The SMILES string of the molecule is Cc1ccc2c(c1)C(=O)C(=O)N2c1nc(-c2ccccc2)nc(-c2ccccc2)n1. The van der Waals surface area contributed by atoms with Gasteiger partial charge >= 0.3 is 5.91 Å². The maximum absolute atomic E-state index is 12.8. The first-order valence-corrected chi connectivity index (χ1v) is 9.48. The molecule has 3 aromatic carbocycles. The molecule has 6 heteroatoms. The van der Waals surface area contributed by atoms with Gasteiger partial charge in [0.2, 0.25) is 5.95 Å². The normalized spacial score (nSPS) is 12.9. The number of hydrogen-bond donors (Lipinski definition) is 0. The second-order valence-corrected chi connectivity index (χ2v) is 7.00. The molecule has 0 fully saturated rings. The van der Waals surface area contributed by atoms with Crippen molar-refractivity contribution in [2.45, 2.75) is 6.92 Å². The molecule has 0 N–H and O–H groups in total. The highest BCUT2D eigenvalue weighted by atomic mass is 16.2. The third kappa shape index (κ3) is 2.95. The molecular formula is C24H16N4O2. The number of aryl methyl sites for hydroxylation is 1. The van der Waals surface area contributed by atoms with E-state index in [1.807, 2.05) is 73.7 Å². The molecule has 1 amide bonds. The van der Waals surface area contributed by atoms with E-state index >= 15 is 0 Å². The lowest BCUT2D eigenvalue weighted by Crippen LogP contribution is -2.27. The Morgan fingerprint density at radius 2 is 1.27 bits per heavy atom. The summed E-state index contributed by atoms with van der Waals surface area (Å²) in [5.41, 5.74) is 3.34. The second kappa shape index (κ2) is 7.00. The van der Waals surface area contributed by atoms with Crippen LogP contribution < -0.4 is 4.90 Å². The van der Waals surface area contributed by atoms with E-state index in [-0.39, 0.29) is 5.95 Å². The van der Waals surface area contributed by atoms with Crippen LogP contribution in [0.4, 0.5) is 11.6 Å². The van der Waals surface area contributed by atoms with Gasteiger partial charge in [-0.2, -0.15) is 9.97 Å². The number of carbonyl (C=O) groups is 2. The van der Waals surface area contributed by atoms with E-state index in [0.29, 0.717) is 22.9 Å². The second-order valence-electron chi connectivity index (χ2n) is 7.00. The van der Waals surface area contributed by atoms with Crippen LogP contribution in [0.3, 0.4) is 0 Å². The Kier molecular flexibility index (Phi) is 4.17. The van der Waals surface area contributed by atoms with Gasteiger partial charge in [-0.15, -0.1) is 0 Å². The van der Waals surface area contributed by atoms with Crippen molar-refractivity contribution in [1.82, 2.24) is 15.0 Å². The van der Waals surface area contributed by atoms with E-state index in [9.17, 15) is 9.59 Å². The van der Waals surface area contributed by atoms with Crippen LogP contribution in [-0.2, 0) is 4.79 Å². The highest BCUT2D eigenvalue weighted by Crippen LogP contribution is 2.35. The smallest absolute Gasteiger partial charge is 0.283 e. The van der Waals surface area contributed by atoms with Gasteiger partial charge in [0.15, 0.2) is 11.6 Å². The largest absolute Gasteiger partial charge is 0.306 e. The molecule has 144 valence electrons. The minimum Gasteiger partial charge on any atom is -0.283 e. The van der Waals surface area contributed by atoms with Gasteiger partial charge in [0, 0.05) is 11.1 Å². The molecule has 1 aliphatic heterocycles. The molecule has 2 heterocycles. The zero-order valence-corrected chi connectivity index (χ0v) is 16.1. The maximum Gasteiger partial charge on any atom is 0.306 e. The molecule has 0 aliphatic carbocycles. The monoisotopic (exact) mass is 392 g/mol. The van der Waals surface area contributed by atoms with E-state index in [1.165, 1.54) is 4.90 Å². The van der Waals surface area contributed by atoms with Gasteiger partial charge in [0.25, 0.3) is 5.78 Å². The maximum atomic E-state index is 12.8. The van der Waals surface area contributed by atoms with Gasteiger partial charge in [-0.05, 0) is 19.1 Å². The number of ketones is 1. The minimum absolute atomic E-state index is 0.128. The number of anilines is 2. The predicted molar refractivity (Wildman–Crippen MR) is 113 cm³/mol. The third-order valence-electron chi connectivity index (χ3n) is 4.92. The Hall–Kier alpha value is -4.19. The first kappa shape index (κ1) is 17.9. The fourth-order valence-corrected chi connectivity index (χ4v) is 3.45. The molecule has 30 heavy (non-hydrogen) atoms. The number of amides is 1. The lowest BCUT2D eigenvalue weighted by molar-refractivity contribution is -0.113. The predicted octanol–water partition coefficient (Wildman–Crippen LogP) is 4.38. The van der Waals surface area contributed by atoms with Crippen LogP contribution in [0.25, 0.3) is 22.8 Å². The summed E-state index contributed by atoms with van der Waals surface area (Å²) in [5.74, 6) is -0.236. The number of nitrogens with zero attached hydrogens (tertiary/aromatic N) is 4. The third-order valence-corrected chi connectivity index (χ3v) is 4.92. The van der Waals surface area contributed by atoms with Crippen LogP contribution in [0.5, 0.6) is 0 Å². The average Bonchev–Trinajstić information content (AvgIpc) is 3.04. The lowest BCUT2D eigenvalue weighted by Gasteiger charge is -2.16. The van der Waals surface area contributed by atoms with Crippen molar-refractivity contribution in [3.63, 3.8) is 0 Å². The summed E-state index contributed by atoms with van der Waals surface area (Å²) in [6, 6.07) is 24.3. The van der Waals surface area contributed by atoms with Gasteiger partial charge in [0.1, 0.15) is 0 Å². The number of hydrogen-bond acceptors (Lipinski definition) is 5. The molecule has 6 nitrogen and oxygen atoms in total. The highest BCUT2D eigenvalue weighted by molar-refractivity contribution is 6.53. The Labute approximate surface area is 172 Å². The minimum atomic E-state index is -0.667. The fourth-order valence-electron chi connectivity index (χ4n) is 3.45. The summed E-state index contributed by atoms with van der Waals surface area (Å²) < 4.78 is 0. The van der Waals surface area contributed by atoms with E-state index < -0.39 is 11.7 Å². The zero-order valence-electron chi connectivity index (χ0n) is 16.1. The number of carbonyl (C=O) groups excluding carboxylic acids is 2. The van der Waals surface area contributed by atoms with E-state index in [2.05, 4.69) is 15.0 Å². The van der Waals surface area contributed by atoms with Crippen LogP contribution >= 0.6 is 0 Å². The molecule has 1 aromatic heterocycles. The van der Waals surface area contributed by atoms with E-state index in [1.54, 1.807) is 12.1 Å². The number of rotatable bonds is 3. The lowest BCUT2D eigenvalue weighted by atomic mass is 10.1. The van der Waals surface area contributed by atoms with Crippen LogP contribution in [0, 0.1) is 6.92 Å². The summed E-state index contributed by atoms with van der Waals surface area (Å²) in [5, 5.41) is 0. The first-order valence-electron chi connectivity index (χ1n) is 9.48. The van der Waals surface area contributed by atoms with Gasteiger partial charge < -0.3 is 0 Å². The van der Waals surface area contributed by atoms with E-state index in [0.717, 1.165) is 16.7 Å². The van der Waals surface area contributed by atoms with E-state index in [4.69, 9.17) is 0 Å². The molecule has 0 unspecified atom stereocenters. The summed E-state index contributed by atoms with van der Waals surface area (Å²) >= 11 is 0. The van der Waals surface area contributed by atoms with Gasteiger partial charge in [-0.1, -0.05) is 72.3 Å². The molecule has 0 saturated carbocycles. The molecule has 0 spiro atoms. The van der Waals surface area contributed by atoms with Crippen molar-refractivity contribution in [2.75, 3.05) is 4.90 Å². The molecule has 1 aliphatic rings. The van der Waals surface area contributed by atoms with Gasteiger partial charge in [-0.3, -0.25) is 9.59 Å². The topological polar surface area (TPSA) is 76.1 Å². The summed E-state index contributed by atoms with van der Waals surface area (Å²) in [6.45, 7) is 1.88. The molecule has 0 atom stereocenters. The molecule has 0 bridgehead atoms. The quantitative estimate of drug-likeness (QED) is 0.484. The standard InChI is InChI=1S/C24H16N4O2/c1-15-12-13-19-18(14-15)20(29)23(30)28(19)24-26-21(16-8-4-2-5-9-16)25-22(27-24)17-10-6-3-7-11-17/h2-14H,1H3. The van der Waals surface area contributed by atoms with Crippen molar-refractivity contribution < 1.29 is 9.59 Å². The molecule has 4 aromatic rings. The van der Waals surface area contributed by atoms with Crippen LogP contribution in [0.1, 0.15) is 15.9 Å². The van der Waals surface area contributed by atoms with Gasteiger partial charge in [-0.25, -0.2) is 9.88 Å². The van der Waals surface area contributed by atoms with Crippen LogP contribution in [0.15, 0.2) is 78.9 Å². The molecular weight excluding hydrogens is 376 g/mol. The zero-order chi connectivity index (χ0) is 20.7. The summed E-state index contributed by atoms with van der Waals surface area (Å²) in [6.07, 6.45) is 0. The number of fused-ring (bicyclic) bond motifs is 1. The Morgan fingerprint density at radius 3 is 1.83 bits per heavy atom. The van der Waals surface area contributed by atoms with Crippen molar-refractivity contribution in [1.29, 1.82) is 0 Å². The molecule has 5 rings (SSSR count). The van der Waals surface area contributed by atoms with Crippen molar-refractivity contribution in [2.24, 2.45) is 0 Å². The fraction of sp³-hybridized carbons (Fsp3) is 0.0417. The van der Waals surface area contributed by atoms with Crippen LogP contribution in [0.2, 0.25) is 0 Å². The molecule has 0 radical (unpaired) electrons. The summed E-state index contributed by atoms with van der Waals surface area (Å²) in [4.78, 5) is 40.4. The Balaban J connectivity index is 1.73. The number of benzene rings is 3. The highest BCUT2D eigenvalue weighted by Gasteiger charge is 2.38. The first-order chi connectivity index (χ1) is 14.6. The average molecular weight is 392 g/mol.